The average Bonchev–Trinajstić information content (AvgIpc) is 2.49. The number of rotatable bonds is 3. The van der Waals surface area contributed by atoms with Gasteiger partial charge in [0.1, 0.15) is 36.1 Å². The van der Waals surface area contributed by atoms with Gasteiger partial charge in [-0.3, -0.25) is 0 Å². The van der Waals surface area contributed by atoms with E-state index in [0.717, 1.165) is 0 Å². The summed E-state index contributed by atoms with van der Waals surface area (Å²) < 4.78 is 9.89. The van der Waals surface area contributed by atoms with Gasteiger partial charge in [-0.25, -0.2) is 0 Å². The molecule has 2 aliphatic rings. The molecule has 10 nitrogen and oxygen atoms in total. The summed E-state index contributed by atoms with van der Waals surface area (Å²) >= 11 is 0. The minimum absolute atomic E-state index is 0.464. The molecule has 10 heteroatoms. The predicted octanol–water partition coefficient (Wildman–Crippen LogP) is -5.12. The van der Waals surface area contributed by atoms with Crippen molar-refractivity contribution < 1.29 is 50.3 Å². The van der Waals surface area contributed by atoms with Gasteiger partial charge in [-0.05, 0) is 0 Å². The maximum absolute atomic E-state index is 10.7. The summed E-state index contributed by atoms with van der Waals surface area (Å²) in [6, 6.07) is 0. The lowest BCUT2D eigenvalue weighted by atomic mass is 9.69. The van der Waals surface area contributed by atoms with E-state index in [1.165, 1.54) is 0 Å². The summed E-state index contributed by atoms with van der Waals surface area (Å²) in [7, 11) is 0. The number of aliphatic hydroxyl groups is 8. The van der Waals surface area contributed by atoms with Crippen LogP contribution in [0.25, 0.3) is 0 Å². The van der Waals surface area contributed by atoms with E-state index < -0.39 is 74.3 Å². The first-order valence-electron chi connectivity index (χ1n) is 6.90. The molecule has 0 aliphatic carbocycles. The Bertz CT molecular complexity index is 381. The normalized spacial score (nSPS) is 53.5. The van der Waals surface area contributed by atoms with Crippen molar-refractivity contribution in [2.24, 2.45) is 5.92 Å². The highest BCUT2D eigenvalue weighted by Crippen LogP contribution is 2.40. The van der Waals surface area contributed by atoms with E-state index in [-0.39, 0.29) is 0 Å². The van der Waals surface area contributed by atoms with E-state index in [4.69, 9.17) is 19.7 Å². The molecule has 8 N–H and O–H groups in total. The highest BCUT2D eigenvalue weighted by Gasteiger charge is 2.62. The number of aliphatic hydroxyl groups excluding tert-OH is 7. The largest absolute Gasteiger partial charge is 0.394 e. The molecule has 0 spiro atoms. The van der Waals surface area contributed by atoms with Crippen LogP contribution in [-0.4, -0.2) is 109 Å². The van der Waals surface area contributed by atoms with Gasteiger partial charge >= 0.3 is 0 Å². The van der Waals surface area contributed by atoms with Crippen LogP contribution in [0.2, 0.25) is 0 Å². The minimum Gasteiger partial charge on any atom is -0.394 e. The molecule has 2 saturated heterocycles. The third kappa shape index (κ3) is 2.65. The molecule has 9 atom stereocenters. The second-order valence-electron chi connectivity index (χ2n) is 5.66. The van der Waals surface area contributed by atoms with Crippen LogP contribution < -0.4 is 0 Å². The van der Waals surface area contributed by atoms with Gasteiger partial charge in [0.15, 0.2) is 6.29 Å². The number of ether oxygens (including phenoxy) is 2. The van der Waals surface area contributed by atoms with Crippen molar-refractivity contribution >= 4 is 0 Å². The molecule has 2 heterocycles. The smallest absolute Gasteiger partial charge is 0.163 e. The second-order valence-corrected chi connectivity index (χ2v) is 5.66. The van der Waals surface area contributed by atoms with Crippen molar-refractivity contribution in [3.63, 3.8) is 0 Å². The molecule has 0 bridgehead atoms. The highest BCUT2D eigenvalue weighted by atomic mass is 16.6. The van der Waals surface area contributed by atoms with Crippen LogP contribution in [-0.2, 0) is 9.47 Å². The minimum atomic E-state index is -2.49. The van der Waals surface area contributed by atoms with Crippen LogP contribution in [0.3, 0.4) is 0 Å². The van der Waals surface area contributed by atoms with Gasteiger partial charge in [0, 0.05) is 0 Å². The Labute approximate surface area is 125 Å². The van der Waals surface area contributed by atoms with E-state index in [2.05, 4.69) is 0 Å². The van der Waals surface area contributed by atoms with Crippen LogP contribution >= 0.6 is 0 Å². The van der Waals surface area contributed by atoms with Gasteiger partial charge in [0.25, 0.3) is 0 Å². The van der Waals surface area contributed by atoms with Gasteiger partial charge in [-0.15, -0.1) is 0 Å². The molecule has 0 amide bonds. The quantitative estimate of drug-likeness (QED) is 0.250. The molecule has 0 aromatic heterocycles. The third-order valence-electron chi connectivity index (χ3n) is 4.44. The average molecular weight is 326 g/mol. The summed E-state index contributed by atoms with van der Waals surface area (Å²) in [5.74, 6) is -1.69. The van der Waals surface area contributed by atoms with Crippen molar-refractivity contribution in [3.05, 3.63) is 0 Å². The monoisotopic (exact) mass is 326 g/mol. The van der Waals surface area contributed by atoms with E-state index in [9.17, 15) is 30.6 Å². The Morgan fingerprint density at radius 2 is 1.50 bits per heavy atom. The lowest BCUT2D eigenvalue weighted by Gasteiger charge is -2.53. The van der Waals surface area contributed by atoms with E-state index in [0.29, 0.717) is 0 Å². The van der Waals surface area contributed by atoms with Crippen LogP contribution in [0, 0.1) is 5.92 Å². The molecule has 0 aromatic carbocycles. The van der Waals surface area contributed by atoms with Gasteiger partial charge in [-0.2, -0.15) is 0 Å². The highest BCUT2D eigenvalue weighted by molar-refractivity contribution is 5.09. The zero-order chi connectivity index (χ0) is 16.7. The molecule has 0 aromatic rings. The predicted molar refractivity (Wildman–Crippen MR) is 67.3 cm³/mol. The maximum Gasteiger partial charge on any atom is 0.163 e. The molecule has 2 rings (SSSR count). The van der Waals surface area contributed by atoms with Crippen molar-refractivity contribution in [2.75, 3.05) is 19.8 Å². The van der Waals surface area contributed by atoms with Crippen molar-refractivity contribution in [2.45, 2.75) is 48.5 Å². The Hall–Kier alpha value is -0.400. The molecule has 2 aliphatic heterocycles. The lowest BCUT2D eigenvalue weighted by molar-refractivity contribution is -0.346. The molecular formula is C12H22O10. The first-order chi connectivity index (χ1) is 10.3. The van der Waals surface area contributed by atoms with Crippen molar-refractivity contribution in [3.8, 4) is 0 Å². The fourth-order valence-electron chi connectivity index (χ4n) is 3.10. The van der Waals surface area contributed by atoms with Crippen LogP contribution in [0.1, 0.15) is 0 Å². The standard InChI is InChI=1S/C12H22O10/c13-1-4-8(16)9(17)7(11(19)22-4)12(20)6(15)3-21-5(2-14)10(12)18/h4-11,13-20H,1-3H2/t4-,5-,6+,7+,8+,9-,10+,11+,12-/m1/s1. The molecule has 2 fully saturated rings. The maximum atomic E-state index is 10.7. The fourth-order valence-corrected chi connectivity index (χ4v) is 3.10. The summed E-state index contributed by atoms with van der Waals surface area (Å²) in [6.45, 7) is -1.82. The summed E-state index contributed by atoms with van der Waals surface area (Å²) in [6.07, 6.45) is -11.4. The fraction of sp³-hybridized carbons (Fsp3) is 1.00. The zero-order valence-electron chi connectivity index (χ0n) is 11.6. The van der Waals surface area contributed by atoms with Gasteiger partial charge in [-0.1, -0.05) is 0 Å². The molecule has 0 radical (unpaired) electrons. The second kappa shape index (κ2) is 6.61. The Morgan fingerprint density at radius 3 is 2.05 bits per heavy atom. The summed E-state index contributed by atoms with van der Waals surface area (Å²) in [5.41, 5.74) is -2.49. The van der Waals surface area contributed by atoms with Gasteiger partial charge in [0.05, 0.1) is 31.8 Å². The van der Waals surface area contributed by atoms with E-state index in [1.807, 2.05) is 0 Å². The molecule has 130 valence electrons. The molecular weight excluding hydrogens is 304 g/mol. The van der Waals surface area contributed by atoms with E-state index in [1.54, 1.807) is 0 Å². The first-order valence-corrected chi connectivity index (χ1v) is 6.90. The van der Waals surface area contributed by atoms with E-state index >= 15 is 0 Å². The van der Waals surface area contributed by atoms with Crippen LogP contribution in [0.15, 0.2) is 0 Å². The molecule has 22 heavy (non-hydrogen) atoms. The van der Waals surface area contributed by atoms with Crippen molar-refractivity contribution in [1.29, 1.82) is 0 Å². The van der Waals surface area contributed by atoms with Crippen molar-refractivity contribution in [1.82, 2.24) is 0 Å². The van der Waals surface area contributed by atoms with Gasteiger partial charge < -0.3 is 50.3 Å². The third-order valence-corrected chi connectivity index (χ3v) is 4.44. The zero-order valence-corrected chi connectivity index (χ0v) is 11.6. The topological polar surface area (TPSA) is 180 Å². The summed E-state index contributed by atoms with van der Waals surface area (Å²) in [5, 5.41) is 78.9. The Balaban J connectivity index is 2.33. The number of hydrogen-bond acceptors (Lipinski definition) is 10. The van der Waals surface area contributed by atoms with Crippen LogP contribution in [0.5, 0.6) is 0 Å². The lowest BCUT2D eigenvalue weighted by Crippen LogP contribution is -2.74. The molecule has 0 saturated carbocycles. The van der Waals surface area contributed by atoms with Crippen LogP contribution in [0.4, 0.5) is 0 Å². The Morgan fingerprint density at radius 1 is 0.909 bits per heavy atom. The number of hydrogen-bond donors (Lipinski definition) is 8. The first kappa shape index (κ1) is 17.9. The molecule has 0 unspecified atom stereocenters. The SMILES string of the molecule is OC[C@H]1O[C@H](O)[C@@H]([C@]2(O)[C@@H](O)CO[C@H](CO)[C@@H]2O)[C@@H](O)[C@H]1O. The van der Waals surface area contributed by atoms with Gasteiger partial charge in [0.2, 0.25) is 0 Å². The summed E-state index contributed by atoms with van der Waals surface area (Å²) in [4.78, 5) is 0. The Kier molecular flexibility index (Phi) is 5.39.